The molecule has 0 saturated heterocycles. The fourth-order valence-electron chi connectivity index (χ4n) is 0.881. The van der Waals surface area contributed by atoms with Crippen molar-refractivity contribution in [3.8, 4) is 0 Å². The van der Waals surface area contributed by atoms with E-state index in [1.807, 2.05) is 0 Å². The Morgan fingerprint density at radius 1 is 1.58 bits per heavy atom. The first-order valence-electron chi connectivity index (χ1n) is 3.31. The van der Waals surface area contributed by atoms with Crippen molar-refractivity contribution in [1.82, 2.24) is 0 Å². The van der Waals surface area contributed by atoms with Gasteiger partial charge in [0.1, 0.15) is 11.8 Å². The van der Waals surface area contributed by atoms with Gasteiger partial charge >= 0.3 is 0 Å². The number of hydrogen-bond acceptors (Lipinski definition) is 1. The Bertz CT molecular complexity index is 354. The van der Waals surface area contributed by atoms with E-state index in [2.05, 4.69) is 15.9 Å². The van der Waals surface area contributed by atoms with Gasteiger partial charge in [-0.3, -0.25) is 0 Å². The van der Waals surface area contributed by atoms with Gasteiger partial charge in [0.25, 0.3) is 0 Å². The maximum Gasteiger partial charge on any atom is 0.138 e. The van der Waals surface area contributed by atoms with Crippen molar-refractivity contribution in [3.63, 3.8) is 0 Å². The van der Waals surface area contributed by atoms with E-state index in [-0.39, 0.29) is 5.82 Å². The average Bonchev–Trinajstić information content (AvgIpc) is 2.01. The molecule has 0 bridgehead atoms. The van der Waals surface area contributed by atoms with Crippen molar-refractivity contribution in [1.29, 1.82) is 0 Å². The number of aryl methyl sites for hydroxylation is 1. The number of rotatable bonds is 1. The molecular weight excluding hydrogens is 223 g/mol. The monoisotopic (exact) mass is 228 g/mol. The summed E-state index contributed by atoms with van der Waals surface area (Å²) in [4.78, 5) is 10.0. The van der Waals surface area contributed by atoms with Gasteiger partial charge in [-0.1, -0.05) is 0 Å². The lowest BCUT2D eigenvalue weighted by atomic mass is 10.1. The van der Waals surface area contributed by atoms with Crippen LogP contribution in [0.25, 0.3) is 6.08 Å². The van der Waals surface area contributed by atoms with Crippen LogP contribution in [0, 0.1) is 12.7 Å². The molecule has 0 aliphatic rings. The van der Waals surface area contributed by atoms with Crippen LogP contribution in [-0.2, 0) is 4.79 Å². The van der Waals surface area contributed by atoms with Crippen molar-refractivity contribution in [2.24, 2.45) is 0 Å². The molecule has 0 aliphatic heterocycles. The standard InChI is InChI=1S/C9H6BrFO/c1-6-4-8(10)9(11)5-7(6)2-3-12/h2,4-5H,1H3. The smallest absolute Gasteiger partial charge is 0.138 e. The maximum atomic E-state index is 12.9. The quantitative estimate of drug-likeness (QED) is 0.676. The van der Waals surface area contributed by atoms with Crippen LogP contribution in [0.3, 0.4) is 0 Å². The SMILES string of the molecule is Cc1cc(Br)c(F)cc1C=C=O. The molecule has 0 spiro atoms. The lowest BCUT2D eigenvalue weighted by Crippen LogP contribution is -1.85. The van der Waals surface area contributed by atoms with Crippen LogP contribution in [0.15, 0.2) is 16.6 Å². The van der Waals surface area contributed by atoms with Gasteiger partial charge in [0.05, 0.1) is 4.47 Å². The zero-order valence-electron chi connectivity index (χ0n) is 6.40. The Kier molecular flexibility index (Phi) is 2.79. The van der Waals surface area contributed by atoms with Gasteiger partial charge < -0.3 is 0 Å². The third-order valence-corrected chi connectivity index (χ3v) is 2.13. The fourth-order valence-corrected chi connectivity index (χ4v) is 1.34. The van der Waals surface area contributed by atoms with Crippen molar-refractivity contribution in [2.75, 3.05) is 0 Å². The molecule has 0 amide bonds. The fraction of sp³-hybridized carbons (Fsp3) is 0.111. The van der Waals surface area contributed by atoms with Crippen LogP contribution in [0.1, 0.15) is 11.1 Å². The highest BCUT2D eigenvalue weighted by atomic mass is 79.9. The van der Waals surface area contributed by atoms with Crippen LogP contribution < -0.4 is 0 Å². The molecule has 1 aromatic rings. The molecule has 1 aromatic carbocycles. The summed E-state index contributed by atoms with van der Waals surface area (Å²) in [6, 6.07) is 2.92. The van der Waals surface area contributed by atoms with Gasteiger partial charge in [-0.05, 0) is 46.1 Å². The lowest BCUT2D eigenvalue weighted by Gasteiger charge is -2.00. The molecular formula is C9H6BrFO. The number of hydrogen-bond donors (Lipinski definition) is 0. The second-order valence-corrected chi connectivity index (χ2v) is 3.24. The Morgan fingerprint density at radius 2 is 2.25 bits per heavy atom. The highest BCUT2D eigenvalue weighted by Gasteiger charge is 2.02. The predicted molar refractivity (Wildman–Crippen MR) is 49.0 cm³/mol. The van der Waals surface area contributed by atoms with E-state index in [9.17, 15) is 9.18 Å². The lowest BCUT2D eigenvalue weighted by molar-refractivity contribution is 0.570. The molecule has 3 heteroatoms. The van der Waals surface area contributed by atoms with Crippen LogP contribution in [0.5, 0.6) is 0 Å². The third kappa shape index (κ3) is 1.81. The van der Waals surface area contributed by atoms with Crippen LogP contribution >= 0.6 is 15.9 Å². The molecule has 0 saturated carbocycles. The Labute approximate surface area is 78.0 Å². The summed E-state index contributed by atoms with van der Waals surface area (Å²) < 4.78 is 13.3. The first kappa shape index (κ1) is 9.17. The van der Waals surface area contributed by atoms with E-state index >= 15 is 0 Å². The third-order valence-electron chi connectivity index (χ3n) is 1.52. The minimum atomic E-state index is -0.373. The van der Waals surface area contributed by atoms with Gasteiger partial charge in [-0.15, -0.1) is 0 Å². The van der Waals surface area contributed by atoms with Gasteiger partial charge in [-0.25, -0.2) is 9.18 Å². The molecule has 1 rings (SSSR count). The summed E-state index contributed by atoms with van der Waals surface area (Å²) in [5, 5.41) is 0. The molecule has 0 fully saturated rings. The summed E-state index contributed by atoms with van der Waals surface area (Å²) in [5.41, 5.74) is 1.40. The number of halogens is 2. The van der Waals surface area contributed by atoms with Crippen molar-refractivity contribution < 1.29 is 9.18 Å². The topological polar surface area (TPSA) is 17.1 Å². The molecule has 0 N–H and O–H groups in total. The molecule has 0 atom stereocenters. The van der Waals surface area contributed by atoms with Crippen molar-refractivity contribution >= 4 is 27.9 Å². The highest BCUT2D eigenvalue weighted by Crippen LogP contribution is 2.20. The zero-order valence-corrected chi connectivity index (χ0v) is 7.98. The van der Waals surface area contributed by atoms with Crippen LogP contribution in [-0.4, -0.2) is 5.94 Å². The Hall–Kier alpha value is -0.920. The molecule has 62 valence electrons. The Balaban J connectivity index is 3.32. The molecule has 0 aromatic heterocycles. The molecule has 1 nitrogen and oxygen atoms in total. The second-order valence-electron chi connectivity index (χ2n) is 2.39. The van der Waals surface area contributed by atoms with Gasteiger partial charge in [0.15, 0.2) is 0 Å². The van der Waals surface area contributed by atoms with Crippen molar-refractivity contribution in [3.05, 3.63) is 33.5 Å². The predicted octanol–water partition coefficient (Wildman–Crippen LogP) is 2.74. The van der Waals surface area contributed by atoms with E-state index in [0.29, 0.717) is 10.0 Å². The summed E-state index contributed by atoms with van der Waals surface area (Å²) >= 11 is 3.04. The van der Waals surface area contributed by atoms with Crippen LogP contribution in [0.2, 0.25) is 0 Å². The van der Waals surface area contributed by atoms with Crippen LogP contribution in [0.4, 0.5) is 4.39 Å². The average molecular weight is 229 g/mol. The summed E-state index contributed by atoms with van der Waals surface area (Å²) in [6.45, 7) is 1.80. The summed E-state index contributed by atoms with van der Waals surface area (Å²) in [6.07, 6.45) is 1.21. The first-order valence-corrected chi connectivity index (χ1v) is 4.11. The number of carbonyl (C=O) groups excluding carboxylic acids is 1. The molecule has 12 heavy (non-hydrogen) atoms. The first-order chi connectivity index (χ1) is 5.65. The molecule has 0 radical (unpaired) electrons. The van der Waals surface area contributed by atoms with Gasteiger partial charge in [-0.2, -0.15) is 0 Å². The van der Waals surface area contributed by atoms with E-state index in [1.165, 1.54) is 12.1 Å². The van der Waals surface area contributed by atoms with E-state index in [4.69, 9.17) is 0 Å². The summed E-state index contributed by atoms with van der Waals surface area (Å²) in [7, 11) is 0. The van der Waals surface area contributed by atoms with E-state index in [0.717, 1.165) is 5.56 Å². The van der Waals surface area contributed by atoms with Crippen molar-refractivity contribution in [2.45, 2.75) is 6.92 Å². The van der Waals surface area contributed by atoms with E-state index in [1.54, 1.807) is 18.9 Å². The minimum absolute atomic E-state index is 0.373. The minimum Gasteiger partial charge on any atom is -0.233 e. The Morgan fingerprint density at radius 3 is 2.83 bits per heavy atom. The van der Waals surface area contributed by atoms with Gasteiger partial charge in [0, 0.05) is 6.08 Å². The normalized spacial score (nSPS) is 9.25. The second kappa shape index (κ2) is 3.65. The van der Waals surface area contributed by atoms with Gasteiger partial charge in [0.2, 0.25) is 0 Å². The van der Waals surface area contributed by atoms with E-state index < -0.39 is 0 Å². The highest BCUT2D eigenvalue weighted by molar-refractivity contribution is 9.10. The summed E-state index contributed by atoms with van der Waals surface area (Å²) in [5.74, 6) is 1.24. The number of benzene rings is 1. The largest absolute Gasteiger partial charge is 0.233 e. The molecule has 0 heterocycles. The maximum absolute atomic E-state index is 12.9. The molecule has 0 aliphatic carbocycles. The molecule has 0 unspecified atom stereocenters. The zero-order chi connectivity index (χ0) is 9.14.